The second-order valence-electron chi connectivity index (χ2n) is 6.97. The van der Waals surface area contributed by atoms with Gasteiger partial charge < -0.3 is 5.32 Å². The molecule has 1 unspecified atom stereocenters. The summed E-state index contributed by atoms with van der Waals surface area (Å²) in [5, 5.41) is 3.38. The second kappa shape index (κ2) is 8.71. The van der Waals surface area contributed by atoms with E-state index < -0.39 is 23.8 Å². The van der Waals surface area contributed by atoms with Gasteiger partial charge in [-0.2, -0.15) is 0 Å². The van der Waals surface area contributed by atoms with E-state index in [9.17, 15) is 14.4 Å². The Morgan fingerprint density at radius 1 is 0.806 bits per heavy atom. The summed E-state index contributed by atoms with van der Waals surface area (Å²) in [5.74, 6) is -1.74. The van der Waals surface area contributed by atoms with Crippen LogP contribution in [0.5, 0.6) is 0 Å². The molecule has 156 valence electrons. The quantitative estimate of drug-likeness (QED) is 0.498. The first-order valence-electron chi connectivity index (χ1n) is 9.33. The van der Waals surface area contributed by atoms with Gasteiger partial charge in [-0.15, -0.1) is 0 Å². The zero-order chi connectivity index (χ0) is 22.1. The average Bonchev–Trinajstić information content (AvgIpc) is 2.99. The van der Waals surface area contributed by atoms with E-state index in [0.717, 1.165) is 10.5 Å². The molecule has 1 atom stereocenters. The molecule has 1 aliphatic heterocycles. The highest BCUT2D eigenvalue weighted by molar-refractivity contribution is 6.43. The van der Waals surface area contributed by atoms with Gasteiger partial charge in [0.25, 0.3) is 11.8 Å². The summed E-state index contributed by atoms with van der Waals surface area (Å²) in [4.78, 5) is 40.5. The Morgan fingerprint density at radius 3 is 1.94 bits per heavy atom. The average molecular weight is 474 g/mol. The van der Waals surface area contributed by atoms with Crippen molar-refractivity contribution < 1.29 is 14.4 Å². The topological polar surface area (TPSA) is 66.5 Å². The van der Waals surface area contributed by atoms with Gasteiger partial charge in [0.2, 0.25) is 5.91 Å². The molecule has 1 aliphatic rings. The van der Waals surface area contributed by atoms with Crippen LogP contribution in [0.2, 0.25) is 15.1 Å². The Kier molecular flexibility index (Phi) is 6.01. The van der Waals surface area contributed by atoms with Crippen LogP contribution in [-0.4, -0.2) is 28.7 Å². The molecule has 0 radical (unpaired) electrons. The van der Waals surface area contributed by atoms with Crippen LogP contribution in [0.15, 0.2) is 66.7 Å². The lowest BCUT2D eigenvalue weighted by Gasteiger charge is -2.25. The maximum atomic E-state index is 13.3. The van der Waals surface area contributed by atoms with E-state index in [1.54, 1.807) is 24.3 Å². The SMILES string of the molecule is O=C(Nc1ccccc1Cl)C(Cc1ccccc1)N1C(=O)c2cc(Cl)c(Cl)cc2C1=O. The predicted octanol–water partition coefficient (Wildman–Crippen LogP) is 5.49. The predicted molar refractivity (Wildman–Crippen MR) is 121 cm³/mol. The minimum absolute atomic E-state index is 0.114. The van der Waals surface area contributed by atoms with Gasteiger partial charge in [0.1, 0.15) is 6.04 Å². The molecule has 0 spiro atoms. The summed E-state index contributed by atoms with van der Waals surface area (Å²) in [6.07, 6.45) is 0.129. The third-order valence-electron chi connectivity index (χ3n) is 4.98. The van der Waals surface area contributed by atoms with E-state index in [4.69, 9.17) is 34.8 Å². The van der Waals surface area contributed by atoms with E-state index in [-0.39, 0.29) is 27.6 Å². The molecule has 0 saturated heterocycles. The smallest absolute Gasteiger partial charge is 0.262 e. The molecular formula is C23H15Cl3N2O3. The van der Waals surface area contributed by atoms with E-state index in [0.29, 0.717) is 10.7 Å². The first-order valence-corrected chi connectivity index (χ1v) is 10.5. The number of imide groups is 1. The van der Waals surface area contributed by atoms with Crippen LogP contribution in [0, 0.1) is 0 Å². The first-order chi connectivity index (χ1) is 14.9. The van der Waals surface area contributed by atoms with E-state index >= 15 is 0 Å². The Balaban J connectivity index is 1.72. The zero-order valence-electron chi connectivity index (χ0n) is 15.9. The van der Waals surface area contributed by atoms with Gasteiger partial charge in [-0.25, -0.2) is 0 Å². The van der Waals surface area contributed by atoms with Crippen LogP contribution in [0.25, 0.3) is 0 Å². The molecule has 4 rings (SSSR count). The van der Waals surface area contributed by atoms with Crippen LogP contribution < -0.4 is 5.32 Å². The molecule has 8 heteroatoms. The van der Waals surface area contributed by atoms with Crippen LogP contribution in [0.1, 0.15) is 26.3 Å². The van der Waals surface area contributed by atoms with Crippen molar-refractivity contribution in [2.45, 2.75) is 12.5 Å². The highest BCUT2D eigenvalue weighted by atomic mass is 35.5. The van der Waals surface area contributed by atoms with Crippen molar-refractivity contribution in [3.63, 3.8) is 0 Å². The van der Waals surface area contributed by atoms with E-state index in [1.165, 1.54) is 12.1 Å². The van der Waals surface area contributed by atoms with Crippen molar-refractivity contribution in [3.8, 4) is 0 Å². The van der Waals surface area contributed by atoms with Gasteiger partial charge in [-0.05, 0) is 29.8 Å². The molecule has 5 nitrogen and oxygen atoms in total. The van der Waals surface area contributed by atoms with Crippen molar-refractivity contribution in [3.05, 3.63) is 98.5 Å². The molecule has 0 fully saturated rings. The molecule has 3 aromatic carbocycles. The minimum atomic E-state index is -1.11. The van der Waals surface area contributed by atoms with Gasteiger partial charge >= 0.3 is 0 Å². The molecule has 0 aromatic heterocycles. The number of para-hydroxylation sites is 1. The molecule has 3 amide bonds. The third kappa shape index (κ3) is 4.17. The van der Waals surface area contributed by atoms with E-state index in [2.05, 4.69) is 5.32 Å². The number of nitrogens with zero attached hydrogens (tertiary/aromatic N) is 1. The van der Waals surface area contributed by atoms with Gasteiger partial charge in [0.05, 0.1) is 31.9 Å². The summed E-state index contributed by atoms with van der Waals surface area (Å²) in [7, 11) is 0. The highest BCUT2D eigenvalue weighted by Crippen LogP contribution is 2.33. The lowest BCUT2D eigenvalue weighted by molar-refractivity contribution is -0.119. The van der Waals surface area contributed by atoms with Crippen LogP contribution >= 0.6 is 34.8 Å². The Bertz CT molecular complexity index is 1160. The number of anilines is 1. The molecular weight excluding hydrogens is 459 g/mol. The molecule has 3 aromatic rings. The van der Waals surface area contributed by atoms with Crippen LogP contribution in [-0.2, 0) is 11.2 Å². The van der Waals surface area contributed by atoms with E-state index in [1.807, 2.05) is 30.3 Å². The minimum Gasteiger partial charge on any atom is -0.323 e. The van der Waals surface area contributed by atoms with Crippen LogP contribution in [0.3, 0.4) is 0 Å². The Labute approximate surface area is 193 Å². The van der Waals surface area contributed by atoms with Gasteiger partial charge in [0.15, 0.2) is 0 Å². The monoisotopic (exact) mass is 472 g/mol. The van der Waals surface area contributed by atoms with Crippen molar-refractivity contribution in [1.82, 2.24) is 4.90 Å². The fourth-order valence-corrected chi connectivity index (χ4v) is 3.96. The fraction of sp³-hybridized carbons (Fsp3) is 0.0870. The number of amides is 3. The molecule has 1 N–H and O–H groups in total. The standard InChI is InChI=1S/C23H15Cl3N2O3/c24-16-8-4-5-9-19(16)27-21(29)20(10-13-6-2-1-3-7-13)28-22(30)14-11-17(25)18(26)12-15(14)23(28)31/h1-9,11-12,20H,10H2,(H,27,29). The summed E-state index contributed by atoms with van der Waals surface area (Å²) >= 11 is 18.3. The summed E-state index contributed by atoms with van der Waals surface area (Å²) in [6.45, 7) is 0. The van der Waals surface area contributed by atoms with Crippen molar-refractivity contribution >= 4 is 58.2 Å². The first kappa shape index (κ1) is 21.4. The molecule has 31 heavy (non-hydrogen) atoms. The molecule has 0 saturated carbocycles. The largest absolute Gasteiger partial charge is 0.323 e. The number of benzene rings is 3. The summed E-state index contributed by atoms with van der Waals surface area (Å²) < 4.78 is 0. The molecule has 0 bridgehead atoms. The number of rotatable bonds is 5. The number of fused-ring (bicyclic) bond motifs is 1. The van der Waals surface area contributed by atoms with Gasteiger partial charge in [-0.3, -0.25) is 19.3 Å². The number of nitrogens with one attached hydrogen (secondary N) is 1. The maximum absolute atomic E-state index is 13.3. The number of halogens is 3. The lowest BCUT2D eigenvalue weighted by Crippen LogP contribution is -2.48. The highest BCUT2D eigenvalue weighted by Gasteiger charge is 2.43. The Morgan fingerprint density at radius 2 is 1.35 bits per heavy atom. The number of hydrogen-bond donors (Lipinski definition) is 1. The maximum Gasteiger partial charge on any atom is 0.262 e. The zero-order valence-corrected chi connectivity index (χ0v) is 18.2. The van der Waals surface area contributed by atoms with Gasteiger partial charge in [0, 0.05) is 6.42 Å². The second-order valence-corrected chi connectivity index (χ2v) is 8.19. The Hall–Kier alpha value is -2.86. The summed E-state index contributed by atoms with van der Waals surface area (Å²) in [6, 6.07) is 17.4. The third-order valence-corrected chi connectivity index (χ3v) is 6.03. The number of carbonyl (C=O) groups excluding carboxylic acids is 3. The molecule has 0 aliphatic carbocycles. The van der Waals surface area contributed by atoms with Crippen molar-refractivity contribution in [2.24, 2.45) is 0 Å². The van der Waals surface area contributed by atoms with Gasteiger partial charge in [-0.1, -0.05) is 77.3 Å². The fourth-order valence-electron chi connectivity index (χ4n) is 3.45. The summed E-state index contributed by atoms with van der Waals surface area (Å²) in [5.41, 5.74) is 1.40. The van der Waals surface area contributed by atoms with Crippen LogP contribution in [0.4, 0.5) is 5.69 Å². The number of hydrogen-bond acceptors (Lipinski definition) is 3. The molecule has 1 heterocycles. The van der Waals surface area contributed by atoms with Crippen molar-refractivity contribution in [1.29, 1.82) is 0 Å². The van der Waals surface area contributed by atoms with Crippen molar-refractivity contribution in [2.75, 3.05) is 5.32 Å². The number of carbonyl (C=O) groups is 3. The normalized spacial score (nSPS) is 13.8. The lowest BCUT2D eigenvalue weighted by atomic mass is 10.0.